The van der Waals surface area contributed by atoms with E-state index < -0.39 is 5.60 Å². The van der Waals surface area contributed by atoms with Gasteiger partial charge in [0.2, 0.25) is 0 Å². The molecule has 1 saturated heterocycles. The molecule has 0 saturated carbocycles. The van der Waals surface area contributed by atoms with Gasteiger partial charge >= 0.3 is 5.69 Å². The van der Waals surface area contributed by atoms with Crippen LogP contribution in [0.2, 0.25) is 0 Å². The minimum absolute atomic E-state index is 0.0120. The third-order valence-electron chi connectivity index (χ3n) is 6.37. The molecule has 1 N–H and O–H groups in total. The summed E-state index contributed by atoms with van der Waals surface area (Å²) in [4.78, 5) is 19.0. The zero-order valence-corrected chi connectivity index (χ0v) is 17.5. The topological polar surface area (TPSA) is 68.2 Å². The number of fused-ring (bicyclic) bond motifs is 2. The molecular formula is C23H27N5O2. The van der Waals surface area contributed by atoms with E-state index in [1.807, 2.05) is 43.7 Å². The molecule has 1 unspecified atom stereocenters. The van der Waals surface area contributed by atoms with Crippen molar-refractivity contribution in [2.24, 2.45) is 14.1 Å². The van der Waals surface area contributed by atoms with Gasteiger partial charge < -0.3 is 9.67 Å². The summed E-state index contributed by atoms with van der Waals surface area (Å²) in [5.74, 6) is 0. The van der Waals surface area contributed by atoms with Gasteiger partial charge in [0.1, 0.15) is 0 Å². The number of imidazole rings is 2. The molecule has 30 heavy (non-hydrogen) atoms. The maximum atomic E-state index is 12.2. The van der Waals surface area contributed by atoms with Crippen LogP contribution in [0.25, 0.3) is 22.1 Å². The molecule has 7 heteroatoms. The number of aryl methyl sites for hydroxylation is 2. The predicted molar refractivity (Wildman–Crippen MR) is 117 cm³/mol. The number of aliphatic hydroxyl groups is 1. The van der Waals surface area contributed by atoms with Gasteiger partial charge in [-0.2, -0.15) is 0 Å². The highest BCUT2D eigenvalue weighted by molar-refractivity contribution is 5.77. The second-order valence-corrected chi connectivity index (χ2v) is 8.62. The SMILES string of the molecule is Cn1c(=O)n(C)c2cc(CN3CCCC(O)(Cn4cnc5ccccc54)C3)ccc21. The van der Waals surface area contributed by atoms with E-state index in [4.69, 9.17) is 0 Å². The molecule has 0 spiro atoms. The highest BCUT2D eigenvalue weighted by Gasteiger charge is 2.34. The van der Waals surface area contributed by atoms with E-state index in [9.17, 15) is 9.90 Å². The molecule has 2 aromatic heterocycles. The maximum absolute atomic E-state index is 12.2. The number of para-hydroxylation sites is 2. The van der Waals surface area contributed by atoms with Gasteiger partial charge in [-0.1, -0.05) is 18.2 Å². The van der Waals surface area contributed by atoms with Gasteiger partial charge in [0.15, 0.2) is 0 Å². The van der Waals surface area contributed by atoms with Crippen LogP contribution in [0, 0.1) is 0 Å². The Hall–Kier alpha value is -2.90. The van der Waals surface area contributed by atoms with Gasteiger partial charge in [0.05, 0.1) is 40.5 Å². The normalized spacial score (nSPS) is 20.4. The second kappa shape index (κ2) is 7.11. The summed E-state index contributed by atoms with van der Waals surface area (Å²) in [6.45, 7) is 2.87. The first-order valence-corrected chi connectivity index (χ1v) is 10.4. The predicted octanol–water partition coefficient (Wildman–Crippen LogP) is 2.25. The fourth-order valence-electron chi connectivity index (χ4n) is 4.83. The summed E-state index contributed by atoms with van der Waals surface area (Å²) >= 11 is 0. The first-order chi connectivity index (χ1) is 14.4. The lowest BCUT2D eigenvalue weighted by Gasteiger charge is -2.39. The van der Waals surface area contributed by atoms with Crippen LogP contribution in [0.1, 0.15) is 18.4 Å². The van der Waals surface area contributed by atoms with Crippen molar-refractivity contribution in [1.82, 2.24) is 23.6 Å². The van der Waals surface area contributed by atoms with Crippen LogP contribution in [0.15, 0.2) is 53.6 Å². The number of β-amino-alcohol motifs (C(OH)–C–C–N with tert-alkyl or cyclic N) is 1. The number of hydrogen-bond donors (Lipinski definition) is 1. The average Bonchev–Trinajstić information content (AvgIpc) is 3.23. The molecule has 4 aromatic rings. The van der Waals surface area contributed by atoms with Crippen LogP contribution >= 0.6 is 0 Å². The Morgan fingerprint density at radius 3 is 2.73 bits per heavy atom. The minimum Gasteiger partial charge on any atom is -0.387 e. The van der Waals surface area contributed by atoms with Crippen LogP contribution in [0.3, 0.4) is 0 Å². The third kappa shape index (κ3) is 3.24. The van der Waals surface area contributed by atoms with Gasteiger partial charge in [-0.25, -0.2) is 9.78 Å². The van der Waals surface area contributed by atoms with Crippen LogP contribution < -0.4 is 5.69 Å². The Morgan fingerprint density at radius 2 is 1.87 bits per heavy atom. The molecule has 1 aliphatic heterocycles. The largest absolute Gasteiger partial charge is 0.387 e. The lowest BCUT2D eigenvalue weighted by molar-refractivity contribution is -0.0447. The fraction of sp³-hybridized carbons (Fsp3) is 0.391. The van der Waals surface area contributed by atoms with Crippen LogP contribution in [-0.2, 0) is 27.2 Å². The smallest absolute Gasteiger partial charge is 0.328 e. The minimum atomic E-state index is -0.786. The van der Waals surface area contributed by atoms with Gasteiger partial charge in [-0.3, -0.25) is 14.0 Å². The van der Waals surface area contributed by atoms with Crippen molar-refractivity contribution in [1.29, 1.82) is 0 Å². The quantitative estimate of drug-likeness (QED) is 0.566. The number of aromatic nitrogens is 4. The molecule has 1 fully saturated rings. The van der Waals surface area contributed by atoms with E-state index in [0.29, 0.717) is 13.1 Å². The highest BCUT2D eigenvalue weighted by atomic mass is 16.3. The number of hydrogen-bond acceptors (Lipinski definition) is 4. The Balaban J connectivity index is 1.35. The molecule has 3 heterocycles. The van der Waals surface area contributed by atoms with E-state index in [2.05, 4.69) is 26.6 Å². The summed E-state index contributed by atoms with van der Waals surface area (Å²) in [6.07, 6.45) is 3.56. The molecule has 0 radical (unpaired) electrons. The molecule has 5 rings (SSSR count). The highest BCUT2D eigenvalue weighted by Crippen LogP contribution is 2.26. The summed E-state index contributed by atoms with van der Waals surface area (Å²) in [7, 11) is 3.61. The lowest BCUT2D eigenvalue weighted by Crippen LogP contribution is -2.50. The van der Waals surface area contributed by atoms with E-state index in [0.717, 1.165) is 53.6 Å². The molecule has 0 aliphatic carbocycles. The maximum Gasteiger partial charge on any atom is 0.328 e. The molecular weight excluding hydrogens is 378 g/mol. The van der Waals surface area contributed by atoms with Crippen molar-refractivity contribution in [3.63, 3.8) is 0 Å². The van der Waals surface area contributed by atoms with E-state index in [1.54, 1.807) is 16.2 Å². The zero-order valence-electron chi connectivity index (χ0n) is 17.5. The van der Waals surface area contributed by atoms with Crippen molar-refractivity contribution in [3.05, 3.63) is 64.8 Å². The Bertz CT molecular complexity index is 1280. The van der Waals surface area contributed by atoms with Crippen LogP contribution in [0.5, 0.6) is 0 Å². The molecule has 0 bridgehead atoms. The zero-order chi connectivity index (χ0) is 20.9. The van der Waals surface area contributed by atoms with E-state index in [1.165, 1.54) is 0 Å². The van der Waals surface area contributed by atoms with Gasteiger partial charge in [0.25, 0.3) is 0 Å². The summed E-state index contributed by atoms with van der Waals surface area (Å²) in [5.41, 5.74) is 4.24. The number of nitrogens with zero attached hydrogens (tertiary/aromatic N) is 5. The first-order valence-electron chi connectivity index (χ1n) is 10.4. The standard InChI is InChI=1S/C23H27N5O2/c1-25-20-9-8-17(12-21(20)26(2)22(25)29)13-27-11-5-10-23(30,14-27)15-28-16-24-18-6-3-4-7-19(18)28/h3-4,6-9,12,16,30H,5,10-11,13-15H2,1-2H3. The molecule has 7 nitrogen and oxygen atoms in total. The van der Waals surface area contributed by atoms with Crippen LogP contribution in [0.4, 0.5) is 0 Å². The lowest BCUT2D eigenvalue weighted by atomic mass is 9.92. The van der Waals surface area contributed by atoms with E-state index in [-0.39, 0.29) is 5.69 Å². The summed E-state index contributed by atoms with van der Waals surface area (Å²) < 4.78 is 5.42. The van der Waals surface area contributed by atoms with Crippen molar-refractivity contribution < 1.29 is 5.11 Å². The van der Waals surface area contributed by atoms with Gasteiger partial charge in [-0.15, -0.1) is 0 Å². The van der Waals surface area contributed by atoms with Crippen molar-refractivity contribution in [2.45, 2.75) is 31.5 Å². The Morgan fingerprint density at radius 1 is 1.07 bits per heavy atom. The summed E-state index contributed by atoms with van der Waals surface area (Å²) in [6, 6.07) is 14.2. The van der Waals surface area contributed by atoms with Crippen molar-refractivity contribution >= 4 is 22.1 Å². The molecule has 156 valence electrons. The number of benzene rings is 2. The number of piperidine rings is 1. The number of likely N-dealkylation sites (tertiary alicyclic amines) is 1. The Kier molecular flexibility index (Phi) is 4.52. The average molecular weight is 406 g/mol. The first kappa shape index (κ1) is 19.1. The molecule has 1 atom stereocenters. The molecule has 2 aromatic carbocycles. The molecule has 0 amide bonds. The second-order valence-electron chi connectivity index (χ2n) is 8.62. The summed E-state index contributed by atoms with van der Waals surface area (Å²) in [5, 5.41) is 11.4. The van der Waals surface area contributed by atoms with Crippen LogP contribution in [-0.4, -0.2) is 47.4 Å². The third-order valence-corrected chi connectivity index (χ3v) is 6.37. The van der Waals surface area contributed by atoms with Gasteiger partial charge in [-0.05, 0) is 49.2 Å². The van der Waals surface area contributed by atoms with E-state index >= 15 is 0 Å². The number of rotatable bonds is 4. The fourth-order valence-corrected chi connectivity index (χ4v) is 4.83. The van der Waals surface area contributed by atoms with Gasteiger partial charge in [0, 0.05) is 27.2 Å². The molecule has 1 aliphatic rings. The van der Waals surface area contributed by atoms with Crippen molar-refractivity contribution in [3.8, 4) is 0 Å². The Labute approximate surface area is 174 Å². The monoisotopic (exact) mass is 405 g/mol. The van der Waals surface area contributed by atoms with Crippen molar-refractivity contribution in [2.75, 3.05) is 13.1 Å².